The average Bonchev–Trinajstić information content (AvgIpc) is 2.94. The Hall–Kier alpha value is -0.990. The summed E-state index contributed by atoms with van der Waals surface area (Å²) in [6, 6.07) is 0. The largest absolute Gasteiger partial charge is 0.379 e. The van der Waals surface area contributed by atoms with Crippen molar-refractivity contribution in [2.24, 2.45) is 21.9 Å². The molecule has 2 saturated carbocycles. The Morgan fingerprint density at radius 3 is 2.64 bits per heavy atom. The maximum atomic E-state index is 13.1. The smallest absolute Gasteiger partial charge is 0.334 e. The van der Waals surface area contributed by atoms with Gasteiger partial charge in [0.25, 0.3) is 0 Å². The summed E-state index contributed by atoms with van der Waals surface area (Å²) in [5, 5.41) is 4.13. The molecule has 1 heterocycles. The van der Waals surface area contributed by atoms with Crippen molar-refractivity contribution in [2.45, 2.75) is 46.5 Å². The van der Waals surface area contributed by atoms with Gasteiger partial charge in [-0.05, 0) is 30.6 Å². The monoisotopic (exact) mass is 372 g/mol. The molecular weight excluding hydrogens is 344 g/mol. The molecule has 2 atom stereocenters. The minimum Gasteiger partial charge on any atom is -0.379 e. The van der Waals surface area contributed by atoms with Gasteiger partial charge >= 0.3 is 5.97 Å². The predicted octanol–water partition coefficient (Wildman–Crippen LogP) is 1.78. The van der Waals surface area contributed by atoms with E-state index in [4.69, 9.17) is 9.57 Å². The summed E-state index contributed by atoms with van der Waals surface area (Å²) in [6.45, 7) is 7.65. The van der Waals surface area contributed by atoms with E-state index in [9.17, 15) is 13.2 Å². The second-order valence-electron chi connectivity index (χ2n) is 7.87. The zero-order valence-corrected chi connectivity index (χ0v) is 16.1. The lowest BCUT2D eigenvalue weighted by Crippen LogP contribution is -2.49. The van der Waals surface area contributed by atoms with Gasteiger partial charge in [0.05, 0.1) is 24.7 Å². The van der Waals surface area contributed by atoms with Gasteiger partial charge in [-0.2, -0.15) is 4.31 Å². The van der Waals surface area contributed by atoms with Crippen LogP contribution in [0.3, 0.4) is 0 Å². The van der Waals surface area contributed by atoms with Gasteiger partial charge in [-0.15, -0.1) is 0 Å². The first-order valence-corrected chi connectivity index (χ1v) is 10.7. The number of oxime groups is 1. The summed E-state index contributed by atoms with van der Waals surface area (Å²) in [5.74, 6) is 0.0252. The number of morpholine rings is 1. The Labute approximate surface area is 149 Å². The molecule has 0 aromatic carbocycles. The topological polar surface area (TPSA) is 85.3 Å². The first kappa shape index (κ1) is 18.8. The van der Waals surface area contributed by atoms with Gasteiger partial charge in [-0.25, -0.2) is 13.2 Å². The van der Waals surface area contributed by atoms with E-state index < -0.39 is 15.4 Å². The van der Waals surface area contributed by atoms with Crippen molar-refractivity contribution in [2.75, 3.05) is 32.1 Å². The van der Waals surface area contributed by atoms with Crippen molar-refractivity contribution in [3.63, 3.8) is 0 Å². The van der Waals surface area contributed by atoms with E-state index in [0.717, 1.165) is 18.6 Å². The van der Waals surface area contributed by atoms with Crippen LogP contribution in [0.15, 0.2) is 5.16 Å². The SMILES string of the molecule is CCC(=O)O/N=C1\CC2CCC1(CS(=O)(=O)N1CCOCC1)C2(C)C. The third kappa shape index (κ3) is 3.13. The van der Waals surface area contributed by atoms with Crippen molar-refractivity contribution in [3.8, 4) is 0 Å². The number of nitrogens with zero attached hydrogens (tertiary/aromatic N) is 2. The molecule has 1 saturated heterocycles. The minimum absolute atomic E-state index is 0.0337. The van der Waals surface area contributed by atoms with Crippen molar-refractivity contribution in [1.82, 2.24) is 4.31 Å². The zero-order valence-electron chi connectivity index (χ0n) is 15.3. The fourth-order valence-corrected chi connectivity index (χ4v) is 6.85. The van der Waals surface area contributed by atoms with Gasteiger partial charge in [0.2, 0.25) is 10.0 Å². The molecule has 0 amide bonds. The van der Waals surface area contributed by atoms with Crippen LogP contribution in [0.1, 0.15) is 46.5 Å². The molecule has 0 radical (unpaired) electrons. The molecule has 2 unspecified atom stereocenters. The number of carbonyl (C=O) groups excluding carboxylic acids is 1. The molecule has 25 heavy (non-hydrogen) atoms. The highest BCUT2D eigenvalue weighted by atomic mass is 32.2. The third-order valence-electron chi connectivity index (χ3n) is 6.50. The normalized spacial score (nSPS) is 33.7. The second kappa shape index (κ2) is 6.63. The number of ether oxygens (including phenoxy) is 1. The van der Waals surface area contributed by atoms with Crippen LogP contribution >= 0.6 is 0 Å². The molecular formula is C17H28N2O5S. The van der Waals surface area contributed by atoms with Gasteiger partial charge < -0.3 is 9.57 Å². The number of rotatable bonds is 5. The van der Waals surface area contributed by atoms with Crippen molar-refractivity contribution in [3.05, 3.63) is 0 Å². The van der Waals surface area contributed by atoms with Crippen molar-refractivity contribution < 1.29 is 22.8 Å². The summed E-state index contributed by atoms with van der Waals surface area (Å²) >= 11 is 0. The third-order valence-corrected chi connectivity index (χ3v) is 8.51. The molecule has 8 heteroatoms. The van der Waals surface area contributed by atoms with Crippen molar-refractivity contribution >= 4 is 21.7 Å². The predicted molar refractivity (Wildman–Crippen MR) is 93.6 cm³/mol. The highest BCUT2D eigenvalue weighted by Crippen LogP contribution is 2.64. The van der Waals surface area contributed by atoms with Crippen LogP contribution in [0.5, 0.6) is 0 Å². The lowest BCUT2D eigenvalue weighted by atomic mass is 9.70. The van der Waals surface area contributed by atoms with Crippen LogP contribution < -0.4 is 0 Å². The van der Waals surface area contributed by atoms with Gasteiger partial charge in [0, 0.05) is 24.9 Å². The van der Waals surface area contributed by atoms with E-state index in [1.807, 2.05) is 0 Å². The lowest BCUT2D eigenvalue weighted by Gasteiger charge is -2.39. The standard InChI is InChI=1S/C17H28N2O5S/c1-4-15(20)24-18-14-11-13-5-6-17(14,16(13,2)3)12-25(21,22)19-7-9-23-10-8-19/h13H,4-12H2,1-3H3/b18-14+. The summed E-state index contributed by atoms with van der Waals surface area (Å²) in [6.07, 6.45) is 2.73. The molecule has 3 fully saturated rings. The van der Waals surface area contributed by atoms with Crippen LogP contribution in [0.4, 0.5) is 0 Å². The van der Waals surface area contributed by atoms with E-state index in [1.54, 1.807) is 6.92 Å². The first-order chi connectivity index (χ1) is 11.7. The summed E-state index contributed by atoms with van der Waals surface area (Å²) in [5.41, 5.74) is 0.0134. The second-order valence-corrected chi connectivity index (χ2v) is 9.83. The van der Waals surface area contributed by atoms with E-state index >= 15 is 0 Å². The van der Waals surface area contributed by atoms with Gasteiger partial charge in [0.1, 0.15) is 0 Å². The minimum atomic E-state index is -3.43. The Morgan fingerprint density at radius 1 is 1.36 bits per heavy atom. The molecule has 2 aliphatic carbocycles. The number of hydrogen-bond acceptors (Lipinski definition) is 6. The van der Waals surface area contributed by atoms with Gasteiger partial charge in [0.15, 0.2) is 0 Å². The molecule has 142 valence electrons. The zero-order chi connectivity index (χ0) is 18.3. The van der Waals surface area contributed by atoms with E-state index in [0.29, 0.717) is 38.6 Å². The lowest BCUT2D eigenvalue weighted by molar-refractivity contribution is -0.143. The molecule has 0 spiro atoms. The fraction of sp³-hybridized carbons (Fsp3) is 0.882. The molecule has 0 aromatic rings. The van der Waals surface area contributed by atoms with E-state index in [-0.39, 0.29) is 23.6 Å². The van der Waals surface area contributed by atoms with Crippen LogP contribution in [0.2, 0.25) is 0 Å². The number of sulfonamides is 1. The fourth-order valence-electron chi connectivity index (χ4n) is 4.66. The molecule has 3 aliphatic rings. The maximum absolute atomic E-state index is 13.1. The highest BCUT2D eigenvalue weighted by Gasteiger charge is 2.64. The molecule has 0 aromatic heterocycles. The molecule has 7 nitrogen and oxygen atoms in total. The van der Waals surface area contributed by atoms with E-state index in [2.05, 4.69) is 19.0 Å². The van der Waals surface area contributed by atoms with Crippen LogP contribution in [0, 0.1) is 16.7 Å². The maximum Gasteiger partial charge on any atom is 0.334 e. The van der Waals surface area contributed by atoms with Crippen LogP contribution in [-0.2, 0) is 24.4 Å². The Kier molecular flexibility index (Phi) is 4.98. The molecule has 2 bridgehead atoms. The molecule has 1 aliphatic heterocycles. The van der Waals surface area contributed by atoms with Crippen LogP contribution in [0.25, 0.3) is 0 Å². The quantitative estimate of drug-likeness (QED) is 0.542. The van der Waals surface area contributed by atoms with E-state index in [1.165, 1.54) is 4.31 Å². The number of fused-ring (bicyclic) bond motifs is 2. The molecule has 3 rings (SSSR count). The Bertz CT molecular complexity index is 667. The first-order valence-electron chi connectivity index (χ1n) is 9.06. The number of carbonyl (C=O) groups is 1. The molecule has 0 N–H and O–H groups in total. The Balaban J connectivity index is 1.89. The van der Waals surface area contributed by atoms with Gasteiger partial charge in [-0.1, -0.05) is 25.9 Å². The highest BCUT2D eigenvalue weighted by molar-refractivity contribution is 7.89. The van der Waals surface area contributed by atoms with Crippen LogP contribution in [-0.4, -0.2) is 56.5 Å². The Morgan fingerprint density at radius 2 is 2.04 bits per heavy atom. The summed E-state index contributed by atoms with van der Waals surface area (Å²) in [7, 11) is -3.43. The average molecular weight is 372 g/mol. The summed E-state index contributed by atoms with van der Waals surface area (Å²) in [4.78, 5) is 16.5. The summed E-state index contributed by atoms with van der Waals surface area (Å²) < 4.78 is 32.9. The van der Waals surface area contributed by atoms with Gasteiger partial charge in [-0.3, -0.25) is 0 Å². The number of hydrogen-bond donors (Lipinski definition) is 0. The van der Waals surface area contributed by atoms with Crippen molar-refractivity contribution in [1.29, 1.82) is 0 Å².